The molecule has 3 fully saturated rings. The van der Waals surface area contributed by atoms with Crippen molar-refractivity contribution in [2.45, 2.75) is 45.6 Å². The third-order valence-corrected chi connectivity index (χ3v) is 10.3. The summed E-state index contributed by atoms with van der Waals surface area (Å²) in [5.74, 6) is 0.727. The molecule has 3 saturated heterocycles. The van der Waals surface area contributed by atoms with E-state index in [1.807, 2.05) is 30.0 Å². The van der Waals surface area contributed by atoms with Crippen molar-refractivity contribution in [3.05, 3.63) is 53.2 Å². The monoisotopic (exact) mass is 624 g/mol. The van der Waals surface area contributed by atoms with E-state index in [-0.39, 0.29) is 17.4 Å². The zero-order valence-corrected chi connectivity index (χ0v) is 26.5. The van der Waals surface area contributed by atoms with Crippen molar-refractivity contribution in [3.63, 3.8) is 0 Å². The van der Waals surface area contributed by atoms with E-state index < -0.39 is 0 Å². The minimum absolute atomic E-state index is 0.00492. The summed E-state index contributed by atoms with van der Waals surface area (Å²) in [6.45, 7) is 13.8. The smallest absolute Gasteiger partial charge is 0.319 e. The molecule has 3 aliphatic heterocycles. The molecule has 1 amide bonds. The first-order chi connectivity index (χ1) is 21.8. The predicted molar refractivity (Wildman–Crippen MR) is 176 cm³/mol. The van der Waals surface area contributed by atoms with Crippen LogP contribution in [-0.2, 0) is 4.79 Å². The van der Waals surface area contributed by atoms with Crippen molar-refractivity contribution in [2.24, 2.45) is 5.41 Å². The highest BCUT2D eigenvalue weighted by atomic mass is 35.5. The second kappa shape index (κ2) is 11.6. The lowest BCUT2D eigenvalue weighted by molar-refractivity contribution is -0.139. The topological polar surface area (TPSA) is 114 Å². The minimum Gasteiger partial charge on any atom is -0.460 e. The number of hydrogen-bond acceptors (Lipinski definition) is 8. The van der Waals surface area contributed by atoms with Gasteiger partial charge in [-0.25, -0.2) is 0 Å². The lowest BCUT2D eigenvalue weighted by Gasteiger charge is -2.54. The molecule has 0 bridgehead atoms. The van der Waals surface area contributed by atoms with Gasteiger partial charge in [-0.05, 0) is 68.5 Å². The zero-order valence-electron chi connectivity index (χ0n) is 25.8. The Morgan fingerprint density at radius 2 is 1.93 bits per heavy atom. The van der Waals surface area contributed by atoms with Crippen LogP contribution in [-0.4, -0.2) is 87.8 Å². The molecule has 1 spiro atoms. The van der Waals surface area contributed by atoms with Crippen molar-refractivity contribution < 1.29 is 9.53 Å². The van der Waals surface area contributed by atoms with Gasteiger partial charge in [0.1, 0.15) is 18.0 Å². The van der Waals surface area contributed by atoms with Crippen molar-refractivity contribution in [3.8, 4) is 23.2 Å². The molecule has 3 aliphatic rings. The molecule has 0 atom stereocenters. The number of likely N-dealkylation sites (tertiary alicyclic amines) is 2. The number of nitriles is 1. The van der Waals surface area contributed by atoms with Gasteiger partial charge in [-0.3, -0.25) is 9.89 Å². The first kappa shape index (κ1) is 29.5. The van der Waals surface area contributed by atoms with E-state index in [1.165, 1.54) is 6.08 Å². The molecular weight excluding hydrogens is 588 g/mol. The minimum atomic E-state index is -0.00719. The number of piperidine rings is 2. The summed E-state index contributed by atoms with van der Waals surface area (Å²) >= 11 is 7.09. The summed E-state index contributed by atoms with van der Waals surface area (Å²) in [5.41, 5.74) is 4.41. The normalized spacial score (nSPS) is 18.7. The number of rotatable bonds is 6. The number of H-pyrrole nitrogens is 1. The van der Waals surface area contributed by atoms with Crippen LogP contribution >= 0.6 is 11.6 Å². The molecule has 0 saturated carbocycles. The number of hydrogen-bond donors (Lipinski definition) is 1. The fourth-order valence-corrected chi connectivity index (χ4v) is 7.65. The Kier molecular flexibility index (Phi) is 7.62. The highest BCUT2D eigenvalue weighted by Gasteiger charge is 2.46. The molecule has 0 radical (unpaired) electrons. The lowest BCUT2D eigenvalue weighted by Crippen LogP contribution is -2.61. The number of carbonyl (C=O) groups is 1. The number of ether oxygens (including phenoxy) is 1. The van der Waals surface area contributed by atoms with Crippen LogP contribution in [0.2, 0.25) is 5.02 Å². The Labute approximate surface area is 267 Å². The van der Waals surface area contributed by atoms with Crippen LogP contribution in [0.1, 0.15) is 43.7 Å². The standard InChI is InChI=1S/C34H37ClN8O2/c1-4-28(44)43-19-34(20-43)10-14-42(15-11-34)32-23-16-26(35)30(29-21(3)6-7-27-25(29)18-37-40-27)24(17-36)31(23)38-33(39-32)45-22-8-12-41(5-2)13-9-22/h4,6-7,16,18,22H,1,5,8-15,19-20H2,2-3H3,(H,37,40). The van der Waals surface area contributed by atoms with E-state index >= 15 is 0 Å². The SMILES string of the molecule is C=CC(=O)N1CC2(CCN(c3nc(OC4CCN(CC)CC4)nc4c(C#N)c(-c5c(C)ccc6[nH]ncc56)c(Cl)cc34)CC2)C1. The molecule has 5 heterocycles. The van der Waals surface area contributed by atoms with Crippen LogP contribution in [0.4, 0.5) is 5.82 Å². The summed E-state index contributed by atoms with van der Waals surface area (Å²) in [7, 11) is 0. The van der Waals surface area contributed by atoms with Gasteiger partial charge < -0.3 is 19.4 Å². The zero-order chi connectivity index (χ0) is 31.3. The van der Waals surface area contributed by atoms with Gasteiger partial charge in [-0.1, -0.05) is 31.2 Å². The average Bonchev–Trinajstić information content (AvgIpc) is 3.52. The number of aromatic nitrogens is 4. The number of nitrogens with one attached hydrogen (secondary N) is 1. The Balaban J connectivity index is 1.31. The van der Waals surface area contributed by atoms with Gasteiger partial charge in [0.2, 0.25) is 5.91 Å². The highest BCUT2D eigenvalue weighted by molar-refractivity contribution is 6.35. The third kappa shape index (κ3) is 5.18. The Bertz CT molecular complexity index is 1840. The highest BCUT2D eigenvalue weighted by Crippen LogP contribution is 2.45. The van der Waals surface area contributed by atoms with Gasteiger partial charge in [0.25, 0.3) is 0 Å². The first-order valence-electron chi connectivity index (χ1n) is 15.8. The maximum absolute atomic E-state index is 12.1. The average molecular weight is 625 g/mol. The number of halogens is 1. The van der Waals surface area contributed by atoms with E-state index in [4.69, 9.17) is 26.3 Å². The van der Waals surface area contributed by atoms with Crippen LogP contribution < -0.4 is 9.64 Å². The summed E-state index contributed by atoms with van der Waals surface area (Å²) in [4.78, 5) is 28.6. The van der Waals surface area contributed by atoms with Crippen molar-refractivity contribution in [1.82, 2.24) is 30.0 Å². The van der Waals surface area contributed by atoms with E-state index in [1.54, 1.807) is 6.20 Å². The van der Waals surface area contributed by atoms with Gasteiger partial charge in [0, 0.05) is 61.0 Å². The van der Waals surface area contributed by atoms with E-state index in [9.17, 15) is 10.1 Å². The second-order valence-corrected chi connectivity index (χ2v) is 13.1. The number of benzene rings is 2. The van der Waals surface area contributed by atoms with E-state index in [2.05, 4.69) is 39.6 Å². The van der Waals surface area contributed by atoms with Gasteiger partial charge in [0.05, 0.1) is 27.8 Å². The van der Waals surface area contributed by atoms with Gasteiger partial charge in [0.15, 0.2) is 0 Å². The van der Waals surface area contributed by atoms with Crippen molar-refractivity contribution in [1.29, 1.82) is 5.26 Å². The molecule has 7 rings (SSSR count). The van der Waals surface area contributed by atoms with E-state index in [0.717, 1.165) is 105 Å². The summed E-state index contributed by atoms with van der Waals surface area (Å²) in [6, 6.07) is 8.65. The molecule has 11 heteroatoms. The number of anilines is 1. The second-order valence-electron chi connectivity index (χ2n) is 12.7. The summed E-state index contributed by atoms with van der Waals surface area (Å²) < 4.78 is 6.48. The number of amides is 1. The molecule has 4 aromatic rings. The molecule has 45 heavy (non-hydrogen) atoms. The number of fused-ring (bicyclic) bond motifs is 2. The first-order valence-corrected chi connectivity index (χ1v) is 16.1. The molecule has 0 aliphatic carbocycles. The van der Waals surface area contributed by atoms with Crippen LogP contribution in [0.3, 0.4) is 0 Å². The molecule has 0 unspecified atom stereocenters. The number of aromatic amines is 1. The number of carbonyl (C=O) groups excluding carboxylic acids is 1. The summed E-state index contributed by atoms with van der Waals surface area (Å²) in [5, 5.41) is 20.1. The van der Waals surface area contributed by atoms with Crippen LogP contribution in [0, 0.1) is 23.7 Å². The van der Waals surface area contributed by atoms with Crippen molar-refractivity contribution >= 4 is 45.1 Å². The van der Waals surface area contributed by atoms with Crippen LogP contribution in [0.25, 0.3) is 32.9 Å². The maximum Gasteiger partial charge on any atom is 0.319 e. The lowest BCUT2D eigenvalue weighted by atomic mass is 9.72. The Morgan fingerprint density at radius 3 is 2.62 bits per heavy atom. The van der Waals surface area contributed by atoms with Gasteiger partial charge in [-0.2, -0.15) is 20.3 Å². The maximum atomic E-state index is 12.1. The van der Waals surface area contributed by atoms with Crippen LogP contribution in [0.5, 0.6) is 6.01 Å². The molecule has 232 valence electrons. The molecule has 1 N–H and O–H groups in total. The molecule has 2 aromatic carbocycles. The van der Waals surface area contributed by atoms with Gasteiger partial charge >= 0.3 is 6.01 Å². The number of aryl methyl sites for hydroxylation is 1. The van der Waals surface area contributed by atoms with E-state index in [0.29, 0.717) is 27.7 Å². The molecule has 2 aromatic heterocycles. The third-order valence-electron chi connectivity index (χ3n) is 10.0. The fraction of sp³-hybridized carbons (Fsp3) is 0.441. The van der Waals surface area contributed by atoms with Gasteiger partial charge in [-0.15, -0.1) is 0 Å². The Hall–Kier alpha value is -4.20. The van der Waals surface area contributed by atoms with Crippen molar-refractivity contribution in [2.75, 3.05) is 50.7 Å². The quantitative estimate of drug-likeness (QED) is 0.280. The summed E-state index contributed by atoms with van der Waals surface area (Å²) in [6.07, 6.45) is 6.83. The predicted octanol–water partition coefficient (Wildman–Crippen LogP) is 5.48. The molecular formula is C34H37ClN8O2. The molecule has 10 nitrogen and oxygen atoms in total. The Morgan fingerprint density at radius 1 is 1.18 bits per heavy atom. The fourth-order valence-electron chi connectivity index (χ4n) is 7.35. The van der Waals surface area contributed by atoms with Crippen LogP contribution in [0.15, 0.2) is 37.1 Å². The largest absolute Gasteiger partial charge is 0.460 e. The number of nitrogens with zero attached hydrogens (tertiary/aromatic N) is 7.